The van der Waals surface area contributed by atoms with Gasteiger partial charge < -0.3 is 25.4 Å². The van der Waals surface area contributed by atoms with Crippen LogP contribution in [-0.4, -0.2) is 41.9 Å². The fourth-order valence-electron chi connectivity index (χ4n) is 3.37. The molecule has 0 aliphatic rings. The van der Waals surface area contributed by atoms with Crippen molar-refractivity contribution in [1.29, 1.82) is 0 Å². The van der Waals surface area contributed by atoms with Gasteiger partial charge in [-0.1, -0.05) is 0 Å². The van der Waals surface area contributed by atoms with E-state index in [9.17, 15) is 15.0 Å². The van der Waals surface area contributed by atoms with Crippen molar-refractivity contribution in [3.63, 3.8) is 0 Å². The van der Waals surface area contributed by atoms with Crippen LogP contribution in [0.5, 0.6) is 0 Å². The molecular weight excluding hydrogens is 440 g/mol. The quantitative estimate of drug-likeness (QED) is 0.327. The number of hydrogen-bond acceptors (Lipinski definition) is 9. The molecule has 0 atom stereocenters. The van der Waals surface area contributed by atoms with Crippen molar-refractivity contribution in [3.8, 4) is 10.6 Å². The summed E-state index contributed by atoms with van der Waals surface area (Å²) in [5, 5.41) is 28.9. The third kappa shape index (κ3) is 5.19. The first-order valence-electron chi connectivity index (χ1n) is 10.5. The van der Waals surface area contributed by atoms with Crippen molar-refractivity contribution in [2.24, 2.45) is 0 Å². The molecule has 0 radical (unpaired) electrons. The van der Waals surface area contributed by atoms with Crippen molar-refractivity contribution in [2.75, 3.05) is 17.2 Å². The highest BCUT2D eigenvalue weighted by atomic mass is 32.1. The maximum absolute atomic E-state index is 13.0. The molecule has 0 amide bonds. The Kier molecular flexibility index (Phi) is 6.41. The monoisotopic (exact) mass is 466 g/mol. The van der Waals surface area contributed by atoms with Crippen LogP contribution in [0.2, 0.25) is 0 Å². The topological polar surface area (TPSA) is 125 Å². The van der Waals surface area contributed by atoms with E-state index in [1.807, 2.05) is 44.4 Å². The summed E-state index contributed by atoms with van der Waals surface area (Å²) in [6, 6.07) is 7.36. The first-order chi connectivity index (χ1) is 15.8. The third-order valence-corrected chi connectivity index (χ3v) is 5.71. The van der Waals surface area contributed by atoms with Gasteiger partial charge in [0.25, 0.3) is 5.56 Å². The highest BCUT2D eigenvalue weighted by molar-refractivity contribution is 7.13. The van der Waals surface area contributed by atoms with Gasteiger partial charge in [0.1, 0.15) is 22.5 Å². The van der Waals surface area contributed by atoms with Crippen LogP contribution in [0.3, 0.4) is 0 Å². The highest BCUT2D eigenvalue weighted by Crippen LogP contribution is 2.28. The Bertz CT molecular complexity index is 1340. The molecular formula is C23H26N6O3S. The standard InChI is InChI=1S/C23H26N6O3S/c1-23(2,3)28-20-19-14(5-7-29(8-9-30)22(19)32)10-18(27-20)26-17-11-15(4-6-24-17)21-25-16(12-31)13-33-21/h4-7,10-11,13,30-31H,8-9,12H2,1-3H3,(H2,24,26,27,28). The summed E-state index contributed by atoms with van der Waals surface area (Å²) in [5.41, 5.74) is 0.965. The van der Waals surface area contributed by atoms with Crippen molar-refractivity contribution >= 4 is 39.6 Å². The molecule has 4 aromatic heterocycles. The molecule has 0 saturated carbocycles. The SMILES string of the molecule is CC(C)(C)Nc1nc(Nc2cc(-c3nc(CO)cs3)ccn2)cc2ccn(CCO)c(=O)c12. The number of pyridine rings is 3. The number of thiazole rings is 1. The number of hydrogen-bond donors (Lipinski definition) is 4. The van der Waals surface area contributed by atoms with Crippen LogP contribution in [0.25, 0.3) is 21.3 Å². The first kappa shape index (κ1) is 22.8. The molecule has 0 saturated heterocycles. The van der Waals surface area contributed by atoms with Crippen LogP contribution in [0.1, 0.15) is 26.5 Å². The Balaban J connectivity index is 1.74. The second kappa shape index (κ2) is 9.26. The van der Waals surface area contributed by atoms with Gasteiger partial charge in [0, 0.05) is 35.4 Å². The van der Waals surface area contributed by atoms with Crippen LogP contribution in [0, 0.1) is 0 Å². The van der Waals surface area contributed by atoms with Gasteiger partial charge in [-0.3, -0.25) is 4.79 Å². The number of fused-ring (bicyclic) bond motifs is 1. The van der Waals surface area contributed by atoms with E-state index in [0.29, 0.717) is 28.5 Å². The summed E-state index contributed by atoms with van der Waals surface area (Å²) in [6.45, 7) is 5.98. The van der Waals surface area contributed by atoms with E-state index in [0.717, 1.165) is 16.0 Å². The summed E-state index contributed by atoms with van der Waals surface area (Å²) >= 11 is 1.45. The number of aromatic nitrogens is 4. The molecule has 0 aliphatic heterocycles. The van der Waals surface area contributed by atoms with E-state index < -0.39 is 0 Å². The summed E-state index contributed by atoms with van der Waals surface area (Å²) in [5.74, 6) is 1.58. The molecule has 0 bridgehead atoms. The lowest BCUT2D eigenvalue weighted by Crippen LogP contribution is -2.29. The van der Waals surface area contributed by atoms with E-state index in [2.05, 4.69) is 25.6 Å². The fraction of sp³-hybridized carbons (Fsp3) is 0.304. The molecule has 0 aliphatic carbocycles. The van der Waals surface area contributed by atoms with E-state index in [4.69, 9.17) is 0 Å². The molecule has 10 heteroatoms. The maximum atomic E-state index is 13.0. The van der Waals surface area contributed by atoms with Crippen molar-refractivity contribution in [2.45, 2.75) is 39.5 Å². The number of aliphatic hydroxyl groups excluding tert-OH is 2. The Morgan fingerprint density at radius 1 is 1.12 bits per heavy atom. The van der Waals surface area contributed by atoms with Gasteiger partial charge in [0.15, 0.2) is 0 Å². The molecule has 172 valence electrons. The molecule has 4 heterocycles. The summed E-state index contributed by atoms with van der Waals surface area (Å²) < 4.78 is 1.48. The second-order valence-electron chi connectivity index (χ2n) is 8.59. The molecule has 9 nitrogen and oxygen atoms in total. The summed E-state index contributed by atoms with van der Waals surface area (Å²) in [7, 11) is 0. The molecule has 33 heavy (non-hydrogen) atoms. The van der Waals surface area contributed by atoms with Crippen molar-refractivity contribution in [1.82, 2.24) is 19.5 Å². The van der Waals surface area contributed by atoms with Gasteiger partial charge in [-0.05, 0) is 50.4 Å². The number of anilines is 3. The highest BCUT2D eigenvalue weighted by Gasteiger charge is 2.17. The largest absolute Gasteiger partial charge is 0.395 e. The number of aliphatic hydroxyl groups is 2. The van der Waals surface area contributed by atoms with Gasteiger partial charge in [0.2, 0.25) is 0 Å². The molecule has 4 rings (SSSR count). The lowest BCUT2D eigenvalue weighted by molar-refractivity contribution is 0.274. The predicted octanol–water partition coefficient (Wildman–Crippen LogP) is 3.35. The van der Waals surface area contributed by atoms with Crippen molar-refractivity contribution in [3.05, 3.63) is 58.1 Å². The van der Waals surface area contributed by atoms with Gasteiger partial charge in [-0.25, -0.2) is 15.0 Å². The number of nitrogens with one attached hydrogen (secondary N) is 2. The molecule has 0 fully saturated rings. The van der Waals surface area contributed by atoms with E-state index in [-0.39, 0.29) is 30.9 Å². The average Bonchev–Trinajstić information content (AvgIpc) is 3.24. The van der Waals surface area contributed by atoms with Gasteiger partial charge >= 0.3 is 0 Å². The van der Waals surface area contributed by atoms with Crippen LogP contribution in [0.15, 0.2) is 46.8 Å². The second-order valence-corrected chi connectivity index (χ2v) is 9.45. The molecule has 0 aromatic carbocycles. The number of rotatable bonds is 7. The zero-order valence-corrected chi connectivity index (χ0v) is 19.5. The Morgan fingerprint density at radius 2 is 1.94 bits per heavy atom. The summed E-state index contributed by atoms with van der Waals surface area (Å²) in [6.07, 6.45) is 3.35. The zero-order valence-electron chi connectivity index (χ0n) is 18.7. The number of nitrogens with zero attached hydrogens (tertiary/aromatic N) is 4. The van der Waals surface area contributed by atoms with Crippen molar-refractivity contribution < 1.29 is 10.2 Å². The average molecular weight is 467 g/mol. The zero-order chi connectivity index (χ0) is 23.6. The third-order valence-electron chi connectivity index (χ3n) is 4.77. The van der Waals surface area contributed by atoms with Crippen LogP contribution in [-0.2, 0) is 13.2 Å². The smallest absolute Gasteiger partial charge is 0.262 e. The Morgan fingerprint density at radius 3 is 2.64 bits per heavy atom. The molecule has 4 N–H and O–H groups in total. The van der Waals surface area contributed by atoms with Crippen LogP contribution in [0.4, 0.5) is 17.5 Å². The minimum atomic E-state index is -0.323. The minimum Gasteiger partial charge on any atom is -0.395 e. The normalized spacial score (nSPS) is 11.7. The van der Waals surface area contributed by atoms with E-state index >= 15 is 0 Å². The predicted molar refractivity (Wildman–Crippen MR) is 131 cm³/mol. The minimum absolute atomic E-state index is 0.0999. The van der Waals surface area contributed by atoms with E-state index in [1.54, 1.807) is 18.5 Å². The molecule has 0 unspecified atom stereocenters. The van der Waals surface area contributed by atoms with Gasteiger partial charge in [-0.15, -0.1) is 11.3 Å². The maximum Gasteiger partial charge on any atom is 0.262 e. The Labute approximate surface area is 194 Å². The van der Waals surface area contributed by atoms with E-state index in [1.165, 1.54) is 15.9 Å². The fourth-order valence-corrected chi connectivity index (χ4v) is 4.18. The first-order valence-corrected chi connectivity index (χ1v) is 11.4. The lowest BCUT2D eigenvalue weighted by Gasteiger charge is -2.23. The molecule has 4 aromatic rings. The van der Waals surface area contributed by atoms with Crippen LogP contribution < -0.4 is 16.2 Å². The molecule has 0 spiro atoms. The van der Waals surface area contributed by atoms with Gasteiger partial charge in [0.05, 0.1) is 24.3 Å². The summed E-state index contributed by atoms with van der Waals surface area (Å²) in [4.78, 5) is 26.5. The van der Waals surface area contributed by atoms with Crippen LogP contribution >= 0.6 is 11.3 Å². The Hall–Kier alpha value is -3.34. The van der Waals surface area contributed by atoms with Gasteiger partial charge in [-0.2, -0.15) is 0 Å². The lowest BCUT2D eigenvalue weighted by atomic mass is 10.1.